The highest BCUT2D eigenvalue weighted by Gasteiger charge is 2.26. The Bertz CT molecular complexity index is 1090. The number of unbranched alkanes of at least 4 members (excludes halogenated alkanes) is 2. The fraction of sp³-hybridized carbons (Fsp3) is 0.400. The van der Waals surface area contributed by atoms with E-state index in [4.69, 9.17) is 4.98 Å². The van der Waals surface area contributed by atoms with E-state index in [0.29, 0.717) is 29.7 Å². The van der Waals surface area contributed by atoms with Crippen molar-refractivity contribution in [1.29, 1.82) is 0 Å². The highest BCUT2D eigenvalue weighted by atomic mass is 16.2. The highest BCUT2D eigenvalue weighted by Crippen LogP contribution is 2.25. The number of aryl methyl sites for hydroxylation is 1. The number of hydrogen-bond donors (Lipinski definition) is 0. The lowest BCUT2D eigenvalue weighted by molar-refractivity contribution is -0.133. The molecule has 0 spiro atoms. The Morgan fingerprint density at radius 3 is 2.47 bits per heavy atom. The van der Waals surface area contributed by atoms with Crippen LogP contribution in [-0.4, -0.2) is 26.9 Å². The molecule has 1 heterocycles. The number of para-hydroxylation sites is 2. The third-order valence-electron chi connectivity index (χ3n) is 5.62. The van der Waals surface area contributed by atoms with Gasteiger partial charge in [-0.1, -0.05) is 57.0 Å². The molecule has 30 heavy (non-hydrogen) atoms. The first-order chi connectivity index (χ1) is 14.5. The van der Waals surface area contributed by atoms with Crippen LogP contribution in [0.1, 0.15) is 63.9 Å². The second kappa shape index (κ2) is 9.70. The van der Waals surface area contributed by atoms with E-state index in [1.165, 1.54) is 0 Å². The molecule has 1 aromatic heterocycles. The number of aromatic nitrogens is 2. The number of carbonyl (C=O) groups excluding carboxylic acids is 1. The maximum atomic E-state index is 13.5. The zero-order valence-electron chi connectivity index (χ0n) is 18.4. The molecule has 0 aliphatic heterocycles. The van der Waals surface area contributed by atoms with E-state index in [9.17, 15) is 9.59 Å². The fourth-order valence-corrected chi connectivity index (χ4v) is 3.89. The number of nitrogens with zero attached hydrogens (tertiary/aromatic N) is 3. The van der Waals surface area contributed by atoms with Gasteiger partial charge < -0.3 is 4.90 Å². The minimum atomic E-state index is -0.314. The number of benzene rings is 2. The average Bonchev–Trinajstić information content (AvgIpc) is 2.76. The Morgan fingerprint density at radius 1 is 1.07 bits per heavy atom. The predicted molar refractivity (Wildman–Crippen MR) is 122 cm³/mol. The van der Waals surface area contributed by atoms with Crippen molar-refractivity contribution in [2.75, 3.05) is 6.54 Å². The van der Waals surface area contributed by atoms with E-state index in [1.54, 1.807) is 4.57 Å². The SMILES string of the molecule is CCCCCN(C(=O)CC)C(C)c1nc2ccccc2c(=O)n1-c1ccccc1C. The van der Waals surface area contributed by atoms with Crippen LogP contribution in [0.5, 0.6) is 0 Å². The molecule has 0 N–H and O–H groups in total. The number of amides is 1. The molecule has 5 nitrogen and oxygen atoms in total. The van der Waals surface area contributed by atoms with Crippen molar-refractivity contribution in [2.24, 2.45) is 0 Å². The Kier molecular flexibility index (Phi) is 7.03. The van der Waals surface area contributed by atoms with Gasteiger partial charge in [-0.25, -0.2) is 4.98 Å². The van der Waals surface area contributed by atoms with Crippen LogP contribution in [-0.2, 0) is 4.79 Å². The van der Waals surface area contributed by atoms with Crippen LogP contribution in [0.2, 0.25) is 0 Å². The Morgan fingerprint density at radius 2 is 1.77 bits per heavy atom. The third-order valence-corrected chi connectivity index (χ3v) is 5.62. The van der Waals surface area contributed by atoms with Crippen LogP contribution >= 0.6 is 0 Å². The van der Waals surface area contributed by atoms with Gasteiger partial charge in [-0.2, -0.15) is 0 Å². The van der Waals surface area contributed by atoms with Crippen LogP contribution in [0.25, 0.3) is 16.6 Å². The largest absolute Gasteiger partial charge is 0.333 e. The smallest absolute Gasteiger partial charge is 0.266 e. The van der Waals surface area contributed by atoms with E-state index in [0.717, 1.165) is 30.5 Å². The predicted octanol–water partition coefficient (Wildman–Crippen LogP) is 5.18. The summed E-state index contributed by atoms with van der Waals surface area (Å²) in [5.41, 5.74) is 2.35. The van der Waals surface area contributed by atoms with Gasteiger partial charge in [-0.15, -0.1) is 0 Å². The van der Waals surface area contributed by atoms with E-state index < -0.39 is 0 Å². The molecule has 1 unspecified atom stereocenters. The molecule has 0 aliphatic rings. The van der Waals surface area contributed by atoms with E-state index in [-0.39, 0.29) is 17.5 Å². The molecule has 3 aromatic rings. The van der Waals surface area contributed by atoms with Crippen LogP contribution in [0.15, 0.2) is 53.3 Å². The number of carbonyl (C=O) groups is 1. The van der Waals surface area contributed by atoms with Crippen molar-refractivity contribution in [3.8, 4) is 5.69 Å². The molecular formula is C25H31N3O2. The van der Waals surface area contributed by atoms with Gasteiger partial charge in [0.25, 0.3) is 5.56 Å². The molecule has 0 saturated carbocycles. The fourth-order valence-electron chi connectivity index (χ4n) is 3.89. The molecule has 3 rings (SSSR count). The number of hydrogen-bond acceptors (Lipinski definition) is 3. The van der Waals surface area contributed by atoms with Gasteiger partial charge in [0.05, 0.1) is 22.6 Å². The maximum Gasteiger partial charge on any atom is 0.266 e. The average molecular weight is 406 g/mol. The number of rotatable bonds is 8. The molecule has 0 bridgehead atoms. The van der Waals surface area contributed by atoms with Crippen molar-refractivity contribution < 1.29 is 4.79 Å². The molecule has 158 valence electrons. The summed E-state index contributed by atoms with van der Waals surface area (Å²) in [6.45, 7) is 8.66. The maximum absolute atomic E-state index is 13.5. The zero-order valence-corrected chi connectivity index (χ0v) is 18.4. The summed E-state index contributed by atoms with van der Waals surface area (Å²) >= 11 is 0. The first kappa shape index (κ1) is 21.8. The molecule has 0 fully saturated rings. The molecule has 0 radical (unpaired) electrons. The lowest BCUT2D eigenvalue weighted by atomic mass is 10.1. The normalized spacial score (nSPS) is 12.1. The van der Waals surface area contributed by atoms with E-state index in [2.05, 4.69) is 6.92 Å². The van der Waals surface area contributed by atoms with Crippen LogP contribution in [0, 0.1) is 6.92 Å². The summed E-state index contributed by atoms with van der Waals surface area (Å²) in [6, 6.07) is 14.9. The summed E-state index contributed by atoms with van der Waals surface area (Å²) in [5, 5.41) is 0.580. The molecule has 2 aromatic carbocycles. The highest BCUT2D eigenvalue weighted by molar-refractivity contribution is 5.79. The monoisotopic (exact) mass is 405 g/mol. The molecular weight excluding hydrogens is 374 g/mol. The second-order valence-electron chi connectivity index (χ2n) is 7.74. The first-order valence-electron chi connectivity index (χ1n) is 10.9. The molecule has 0 aliphatic carbocycles. The first-order valence-corrected chi connectivity index (χ1v) is 10.9. The molecule has 1 atom stereocenters. The minimum Gasteiger partial charge on any atom is -0.333 e. The van der Waals surface area contributed by atoms with Gasteiger partial charge in [0.1, 0.15) is 5.82 Å². The summed E-state index contributed by atoms with van der Waals surface area (Å²) in [4.78, 5) is 33.1. The van der Waals surface area contributed by atoms with Crippen molar-refractivity contribution in [2.45, 2.75) is 59.4 Å². The molecule has 1 amide bonds. The zero-order chi connectivity index (χ0) is 21.7. The summed E-state index contributed by atoms with van der Waals surface area (Å²) in [5.74, 6) is 0.684. The Balaban J connectivity index is 2.22. The van der Waals surface area contributed by atoms with E-state index in [1.807, 2.05) is 74.2 Å². The minimum absolute atomic E-state index is 0.0809. The van der Waals surface area contributed by atoms with Crippen LogP contribution < -0.4 is 5.56 Å². The lowest BCUT2D eigenvalue weighted by Crippen LogP contribution is -2.38. The van der Waals surface area contributed by atoms with Crippen molar-refractivity contribution in [3.05, 3.63) is 70.3 Å². The van der Waals surface area contributed by atoms with Gasteiger partial charge >= 0.3 is 0 Å². The lowest BCUT2D eigenvalue weighted by Gasteiger charge is -2.30. The van der Waals surface area contributed by atoms with Gasteiger partial charge in [0, 0.05) is 13.0 Å². The number of fused-ring (bicyclic) bond motifs is 1. The Hall–Kier alpha value is -2.95. The quantitative estimate of drug-likeness (QED) is 0.485. The summed E-state index contributed by atoms with van der Waals surface area (Å²) in [6.07, 6.45) is 3.52. The summed E-state index contributed by atoms with van der Waals surface area (Å²) < 4.78 is 1.69. The Labute approximate surface area is 178 Å². The standard InChI is InChI=1S/C25H31N3O2/c1-5-7-12-17-27(23(29)6-2)19(4)24-26-21-15-10-9-14-20(21)25(30)28(24)22-16-11-8-13-18(22)3/h8-11,13-16,19H,5-7,12,17H2,1-4H3. The van der Waals surface area contributed by atoms with E-state index >= 15 is 0 Å². The van der Waals surface area contributed by atoms with Gasteiger partial charge in [0.15, 0.2) is 0 Å². The molecule has 5 heteroatoms. The van der Waals surface area contributed by atoms with Gasteiger partial charge in [-0.3, -0.25) is 14.2 Å². The van der Waals surface area contributed by atoms with Gasteiger partial charge in [0.2, 0.25) is 5.91 Å². The third kappa shape index (κ3) is 4.30. The second-order valence-corrected chi connectivity index (χ2v) is 7.74. The topological polar surface area (TPSA) is 55.2 Å². The summed E-state index contributed by atoms with van der Waals surface area (Å²) in [7, 11) is 0. The van der Waals surface area contributed by atoms with Crippen molar-refractivity contribution in [3.63, 3.8) is 0 Å². The van der Waals surface area contributed by atoms with Crippen molar-refractivity contribution in [1.82, 2.24) is 14.5 Å². The van der Waals surface area contributed by atoms with Crippen molar-refractivity contribution >= 4 is 16.8 Å². The molecule has 0 saturated heterocycles. The van der Waals surface area contributed by atoms with Crippen LogP contribution in [0.3, 0.4) is 0 Å². The van der Waals surface area contributed by atoms with Crippen LogP contribution in [0.4, 0.5) is 0 Å². The van der Waals surface area contributed by atoms with Gasteiger partial charge in [-0.05, 0) is 44.0 Å².